The lowest BCUT2D eigenvalue weighted by Gasteiger charge is -2.30. The van der Waals surface area contributed by atoms with Crippen molar-refractivity contribution in [1.82, 2.24) is 0 Å². The van der Waals surface area contributed by atoms with Gasteiger partial charge in [-0.3, -0.25) is 0 Å². The highest BCUT2D eigenvalue weighted by Crippen LogP contribution is 2.31. The Morgan fingerprint density at radius 1 is 0.667 bits per heavy atom. The van der Waals surface area contributed by atoms with Gasteiger partial charge in [-0.1, -0.05) is 60.7 Å². The molecule has 0 aliphatic carbocycles. The van der Waals surface area contributed by atoms with Gasteiger partial charge < -0.3 is 9.47 Å². The van der Waals surface area contributed by atoms with E-state index < -0.39 is 0 Å². The summed E-state index contributed by atoms with van der Waals surface area (Å²) in [5, 5.41) is 0. The summed E-state index contributed by atoms with van der Waals surface area (Å²) in [7, 11) is 0. The smallest absolute Gasteiger partial charge is 0.107 e. The molecule has 2 unspecified atom stereocenters. The topological polar surface area (TPSA) is 18.5 Å². The van der Waals surface area contributed by atoms with Crippen molar-refractivity contribution >= 4 is 0 Å². The third-order valence-electron chi connectivity index (χ3n) is 3.21. The highest BCUT2D eigenvalue weighted by molar-refractivity contribution is 5.21. The SMILES string of the molecule is c1ccc(C2COCC(c3ccccc3)O2)cc1. The Bertz CT molecular complexity index is 435. The van der Waals surface area contributed by atoms with E-state index in [0.717, 1.165) is 0 Å². The molecule has 1 aliphatic heterocycles. The molecular formula is C16H16O2. The van der Waals surface area contributed by atoms with E-state index in [9.17, 15) is 0 Å². The zero-order valence-electron chi connectivity index (χ0n) is 10.2. The Morgan fingerprint density at radius 2 is 1.11 bits per heavy atom. The Balaban J connectivity index is 1.77. The van der Waals surface area contributed by atoms with Crippen molar-refractivity contribution in [3.8, 4) is 0 Å². The molecule has 2 nitrogen and oxygen atoms in total. The largest absolute Gasteiger partial charge is 0.375 e. The van der Waals surface area contributed by atoms with Crippen LogP contribution in [0.1, 0.15) is 23.3 Å². The third-order valence-corrected chi connectivity index (χ3v) is 3.21. The molecule has 2 heteroatoms. The maximum atomic E-state index is 6.13. The molecule has 1 aliphatic rings. The molecule has 0 saturated carbocycles. The normalized spacial score (nSPS) is 23.8. The zero-order valence-corrected chi connectivity index (χ0v) is 10.2. The minimum absolute atomic E-state index is 0.0326. The van der Waals surface area contributed by atoms with Crippen LogP contribution in [0.15, 0.2) is 60.7 Å². The number of rotatable bonds is 2. The fourth-order valence-corrected chi connectivity index (χ4v) is 2.24. The molecule has 18 heavy (non-hydrogen) atoms. The second-order valence-corrected chi connectivity index (χ2v) is 4.47. The molecule has 92 valence electrons. The number of hydrogen-bond donors (Lipinski definition) is 0. The van der Waals surface area contributed by atoms with E-state index >= 15 is 0 Å². The van der Waals surface area contributed by atoms with Crippen LogP contribution in [0.3, 0.4) is 0 Å². The third kappa shape index (κ3) is 2.45. The maximum absolute atomic E-state index is 6.13. The second kappa shape index (κ2) is 5.34. The van der Waals surface area contributed by atoms with E-state index in [2.05, 4.69) is 24.3 Å². The average Bonchev–Trinajstić information content (AvgIpc) is 2.49. The first-order valence-corrected chi connectivity index (χ1v) is 6.26. The van der Waals surface area contributed by atoms with E-state index in [-0.39, 0.29) is 12.2 Å². The minimum Gasteiger partial charge on any atom is -0.375 e. The van der Waals surface area contributed by atoms with Gasteiger partial charge in [0.2, 0.25) is 0 Å². The molecule has 3 rings (SSSR count). The van der Waals surface area contributed by atoms with Crippen LogP contribution in [0.4, 0.5) is 0 Å². The summed E-state index contributed by atoms with van der Waals surface area (Å²) in [5.74, 6) is 0. The zero-order chi connectivity index (χ0) is 12.2. The highest BCUT2D eigenvalue weighted by atomic mass is 16.6. The highest BCUT2D eigenvalue weighted by Gasteiger charge is 2.25. The first-order chi connectivity index (χ1) is 8.93. The van der Waals surface area contributed by atoms with Crippen LogP contribution >= 0.6 is 0 Å². The molecule has 0 N–H and O–H groups in total. The van der Waals surface area contributed by atoms with Gasteiger partial charge in [-0.25, -0.2) is 0 Å². The molecule has 0 aromatic heterocycles. The number of hydrogen-bond acceptors (Lipinski definition) is 2. The van der Waals surface area contributed by atoms with Crippen LogP contribution in [-0.2, 0) is 9.47 Å². The molecule has 2 aromatic rings. The van der Waals surface area contributed by atoms with Crippen molar-refractivity contribution in [2.24, 2.45) is 0 Å². The summed E-state index contributed by atoms with van der Waals surface area (Å²) in [6, 6.07) is 20.5. The predicted octanol–water partition coefficient (Wildman–Crippen LogP) is 3.52. The van der Waals surface area contributed by atoms with Crippen molar-refractivity contribution in [3.05, 3.63) is 71.8 Å². The second-order valence-electron chi connectivity index (χ2n) is 4.47. The molecule has 1 fully saturated rings. The first kappa shape index (κ1) is 11.5. The number of ether oxygens (including phenoxy) is 2. The monoisotopic (exact) mass is 240 g/mol. The van der Waals surface area contributed by atoms with Crippen LogP contribution in [-0.4, -0.2) is 13.2 Å². The van der Waals surface area contributed by atoms with Crippen LogP contribution in [0.25, 0.3) is 0 Å². The fourth-order valence-electron chi connectivity index (χ4n) is 2.24. The Morgan fingerprint density at radius 3 is 1.56 bits per heavy atom. The standard InChI is InChI=1S/C16H16O2/c1-3-7-13(8-4-1)15-11-17-12-16(18-15)14-9-5-2-6-10-14/h1-10,15-16H,11-12H2. The van der Waals surface area contributed by atoms with Crippen molar-refractivity contribution in [2.75, 3.05) is 13.2 Å². The fraction of sp³-hybridized carbons (Fsp3) is 0.250. The molecular weight excluding hydrogens is 224 g/mol. The lowest BCUT2D eigenvalue weighted by molar-refractivity contribution is -0.142. The van der Waals surface area contributed by atoms with Crippen molar-refractivity contribution < 1.29 is 9.47 Å². The van der Waals surface area contributed by atoms with E-state index in [4.69, 9.17) is 9.47 Å². The van der Waals surface area contributed by atoms with E-state index in [1.807, 2.05) is 36.4 Å². The van der Waals surface area contributed by atoms with Crippen LogP contribution in [0, 0.1) is 0 Å². The maximum Gasteiger partial charge on any atom is 0.107 e. The van der Waals surface area contributed by atoms with E-state index in [1.165, 1.54) is 11.1 Å². The van der Waals surface area contributed by atoms with Gasteiger partial charge in [0, 0.05) is 0 Å². The Kier molecular flexibility index (Phi) is 3.40. The van der Waals surface area contributed by atoms with Crippen LogP contribution < -0.4 is 0 Å². The van der Waals surface area contributed by atoms with E-state index in [1.54, 1.807) is 0 Å². The molecule has 2 atom stereocenters. The molecule has 1 saturated heterocycles. The van der Waals surface area contributed by atoms with Gasteiger partial charge in [0.15, 0.2) is 0 Å². The predicted molar refractivity (Wildman–Crippen MR) is 70.3 cm³/mol. The summed E-state index contributed by atoms with van der Waals surface area (Å²) >= 11 is 0. The lowest BCUT2D eigenvalue weighted by Crippen LogP contribution is -2.25. The molecule has 0 spiro atoms. The quantitative estimate of drug-likeness (QED) is 0.799. The molecule has 0 amide bonds. The summed E-state index contributed by atoms with van der Waals surface area (Å²) in [6.45, 7) is 1.26. The van der Waals surface area contributed by atoms with Crippen LogP contribution in [0.5, 0.6) is 0 Å². The Hall–Kier alpha value is -1.64. The summed E-state index contributed by atoms with van der Waals surface area (Å²) in [5.41, 5.74) is 2.36. The molecule has 0 bridgehead atoms. The molecule has 0 radical (unpaired) electrons. The van der Waals surface area contributed by atoms with Gasteiger partial charge in [-0.15, -0.1) is 0 Å². The van der Waals surface area contributed by atoms with Gasteiger partial charge in [-0.05, 0) is 11.1 Å². The first-order valence-electron chi connectivity index (χ1n) is 6.26. The van der Waals surface area contributed by atoms with E-state index in [0.29, 0.717) is 13.2 Å². The van der Waals surface area contributed by atoms with Gasteiger partial charge in [-0.2, -0.15) is 0 Å². The average molecular weight is 240 g/mol. The number of benzene rings is 2. The summed E-state index contributed by atoms with van der Waals surface area (Å²) in [4.78, 5) is 0. The molecule has 1 heterocycles. The lowest BCUT2D eigenvalue weighted by atomic mass is 10.1. The molecule has 2 aromatic carbocycles. The van der Waals surface area contributed by atoms with Gasteiger partial charge in [0.05, 0.1) is 13.2 Å². The minimum atomic E-state index is 0.0326. The van der Waals surface area contributed by atoms with Gasteiger partial charge in [0.25, 0.3) is 0 Å². The summed E-state index contributed by atoms with van der Waals surface area (Å²) in [6.07, 6.45) is 0.0651. The van der Waals surface area contributed by atoms with Crippen molar-refractivity contribution in [2.45, 2.75) is 12.2 Å². The van der Waals surface area contributed by atoms with Crippen molar-refractivity contribution in [3.63, 3.8) is 0 Å². The van der Waals surface area contributed by atoms with Crippen molar-refractivity contribution in [1.29, 1.82) is 0 Å². The van der Waals surface area contributed by atoms with Crippen LogP contribution in [0.2, 0.25) is 0 Å². The summed E-state index contributed by atoms with van der Waals surface area (Å²) < 4.78 is 11.8. The van der Waals surface area contributed by atoms with Gasteiger partial charge in [0.1, 0.15) is 12.2 Å². The Labute approximate surface area is 107 Å². The van der Waals surface area contributed by atoms with Gasteiger partial charge >= 0.3 is 0 Å².